The van der Waals surface area contributed by atoms with Crippen LogP contribution in [-0.2, 0) is 6.42 Å². The highest BCUT2D eigenvalue weighted by Crippen LogP contribution is 2.30. The summed E-state index contributed by atoms with van der Waals surface area (Å²) in [6.45, 7) is 3.36. The average molecular weight is 284 g/mol. The number of nitrogens with zero attached hydrogens (tertiary/aromatic N) is 1. The Labute approximate surface area is 119 Å². The predicted molar refractivity (Wildman–Crippen MR) is 82.6 cm³/mol. The monoisotopic (exact) mass is 284 g/mol. The molecule has 0 bridgehead atoms. The van der Waals surface area contributed by atoms with E-state index in [1.807, 2.05) is 6.20 Å². The van der Waals surface area contributed by atoms with Gasteiger partial charge in [-0.15, -0.1) is 11.3 Å². The first-order chi connectivity index (χ1) is 8.88. The largest absolute Gasteiger partial charge is 0.313 e. The van der Waals surface area contributed by atoms with E-state index in [1.165, 1.54) is 42.9 Å². The predicted octanol–water partition coefficient (Wildman–Crippen LogP) is 3.73. The van der Waals surface area contributed by atoms with Gasteiger partial charge in [-0.1, -0.05) is 19.8 Å². The third kappa shape index (κ3) is 4.90. The number of thiazole rings is 1. The van der Waals surface area contributed by atoms with Crippen molar-refractivity contribution in [2.24, 2.45) is 0 Å². The molecule has 1 fully saturated rings. The van der Waals surface area contributed by atoms with Gasteiger partial charge in [-0.05, 0) is 25.8 Å². The van der Waals surface area contributed by atoms with Gasteiger partial charge in [0.2, 0.25) is 0 Å². The molecule has 1 heterocycles. The molecule has 0 radical (unpaired) electrons. The Balaban J connectivity index is 1.76. The summed E-state index contributed by atoms with van der Waals surface area (Å²) in [5.41, 5.74) is 0. The molecule has 0 aromatic carbocycles. The van der Waals surface area contributed by atoms with Crippen LogP contribution in [0.15, 0.2) is 11.6 Å². The van der Waals surface area contributed by atoms with Crippen LogP contribution in [-0.4, -0.2) is 28.6 Å². The van der Waals surface area contributed by atoms with E-state index in [2.05, 4.69) is 34.4 Å². The fourth-order valence-electron chi connectivity index (χ4n) is 2.41. The van der Waals surface area contributed by atoms with Crippen LogP contribution < -0.4 is 5.32 Å². The summed E-state index contributed by atoms with van der Waals surface area (Å²) in [7, 11) is 0. The number of thioether (sulfide) groups is 1. The Morgan fingerprint density at radius 2 is 2.33 bits per heavy atom. The van der Waals surface area contributed by atoms with Gasteiger partial charge in [0, 0.05) is 35.0 Å². The van der Waals surface area contributed by atoms with Crippen molar-refractivity contribution < 1.29 is 0 Å². The quantitative estimate of drug-likeness (QED) is 0.787. The zero-order valence-corrected chi connectivity index (χ0v) is 12.9. The van der Waals surface area contributed by atoms with E-state index in [0.29, 0.717) is 6.04 Å². The second-order valence-corrected chi connectivity index (χ2v) is 7.33. The number of hydrogen-bond donors (Lipinski definition) is 1. The highest BCUT2D eigenvalue weighted by molar-refractivity contribution is 7.99. The molecule has 1 unspecified atom stereocenters. The Kier molecular flexibility index (Phi) is 6.52. The third-order valence-corrected chi connectivity index (χ3v) is 5.76. The Morgan fingerprint density at radius 1 is 1.50 bits per heavy atom. The van der Waals surface area contributed by atoms with Gasteiger partial charge in [0.15, 0.2) is 0 Å². The fraction of sp³-hybridized carbons (Fsp3) is 0.786. The number of aromatic nitrogens is 1. The van der Waals surface area contributed by atoms with Crippen molar-refractivity contribution in [3.05, 3.63) is 16.6 Å². The molecule has 1 aromatic rings. The van der Waals surface area contributed by atoms with Crippen molar-refractivity contribution in [2.75, 3.05) is 12.3 Å². The minimum Gasteiger partial charge on any atom is -0.313 e. The van der Waals surface area contributed by atoms with Crippen molar-refractivity contribution in [1.29, 1.82) is 0 Å². The smallest absolute Gasteiger partial charge is 0.0940 e. The molecule has 2 nitrogen and oxygen atoms in total. The van der Waals surface area contributed by atoms with E-state index >= 15 is 0 Å². The molecule has 1 aliphatic carbocycles. The summed E-state index contributed by atoms with van der Waals surface area (Å²) in [5, 5.41) is 7.95. The van der Waals surface area contributed by atoms with Gasteiger partial charge in [-0.25, -0.2) is 4.98 Å². The number of rotatable bonds is 8. The Bertz CT molecular complexity index is 308. The summed E-state index contributed by atoms with van der Waals surface area (Å²) in [4.78, 5) is 4.41. The molecular formula is C14H24N2S2. The van der Waals surface area contributed by atoms with Crippen LogP contribution in [0.25, 0.3) is 0 Å². The minimum atomic E-state index is 0.599. The van der Waals surface area contributed by atoms with Crippen LogP contribution in [0, 0.1) is 0 Å². The van der Waals surface area contributed by atoms with E-state index < -0.39 is 0 Å². The van der Waals surface area contributed by atoms with Gasteiger partial charge in [0.1, 0.15) is 0 Å². The maximum absolute atomic E-state index is 4.41. The summed E-state index contributed by atoms with van der Waals surface area (Å²) in [6.07, 6.45) is 9.97. The molecule has 1 aromatic heterocycles. The van der Waals surface area contributed by atoms with E-state index in [0.717, 1.165) is 18.2 Å². The first kappa shape index (κ1) is 14.4. The first-order valence-electron chi connectivity index (χ1n) is 7.12. The molecular weight excluding hydrogens is 260 g/mol. The van der Waals surface area contributed by atoms with E-state index in [1.54, 1.807) is 11.3 Å². The van der Waals surface area contributed by atoms with Crippen molar-refractivity contribution >= 4 is 23.1 Å². The van der Waals surface area contributed by atoms with Gasteiger partial charge in [0.25, 0.3) is 0 Å². The minimum absolute atomic E-state index is 0.599. The molecule has 1 N–H and O–H groups in total. The Hall–Kier alpha value is -0.0600. The molecule has 18 heavy (non-hydrogen) atoms. The normalized spacial score (nSPS) is 18.3. The van der Waals surface area contributed by atoms with Crippen LogP contribution in [0.5, 0.6) is 0 Å². The van der Waals surface area contributed by atoms with Crippen molar-refractivity contribution in [3.8, 4) is 0 Å². The molecule has 102 valence electrons. The lowest BCUT2D eigenvalue weighted by molar-refractivity contribution is 0.548. The Morgan fingerprint density at radius 3 is 3.00 bits per heavy atom. The molecule has 0 spiro atoms. The molecule has 0 amide bonds. The zero-order valence-electron chi connectivity index (χ0n) is 11.2. The highest BCUT2D eigenvalue weighted by atomic mass is 32.2. The number of hydrogen-bond acceptors (Lipinski definition) is 4. The lowest BCUT2D eigenvalue weighted by Crippen LogP contribution is -2.34. The zero-order chi connectivity index (χ0) is 12.6. The van der Waals surface area contributed by atoms with Crippen LogP contribution in [0.4, 0.5) is 0 Å². The second-order valence-electron chi connectivity index (χ2n) is 5.02. The molecule has 1 aliphatic rings. The first-order valence-corrected chi connectivity index (χ1v) is 9.04. The molecule has 2 rings (SSSR count). The average Bonchev–Trinajstić information content (AvgIpc) is 3.05. The maximum Gasteiger partial charge on any atom is 0.0940 e. The summed E-state index contributed by atoms with van der Waals surface area (Å²) >= 11 is 3.96. The van der Waals surface area contributed by atoms with Crippen LogP contribution in [0.2, 0.25) is 0 Å². The standard InChI is InChI=1S/C14H24N2S2/c1-2-7-15-12(10-14-16-8-9-17-14)11-18-13-5-3-4-6-13/h8-9,12-13,15H,2-7,10-11H2,1H3. The lowest BCUT2D eigenvalue weighted by atomic mass is 10.2. The van der Waals surface area contributed by atoms with Crippen molar-refractivity contribution in [2.45, 2.75) is 56.7 Å². The SMILES string of the molecule is CCCNC(CSC1CCCC1)Cc1nccs1. The molecule has 1 atom stereocenters. The van der Waals surface area contributed by atoms with Gasteiger partial charge < -0.3 is 5.32 Å². The van der Waals surface area contributed by atoms with Crippen molar-refractivity contribution in [3.63, 3.8) is 0 Å². The lowest BCUT2D eigenvalue weighted by Gasteiger charge is -2.19. The molecule has 0 aliphatic heterocycles. The topological polar surface area (TPSA) is 24.9 Å². The summed E-state index contributed by atoms with van der Waals surface area (Å²) in [5.74, 6) is 1.24. The number of nitrogens with one attached hydrogen (secondary N) is 1. The molecule has 0 saturated heterocycles. The van der Waals surface area contributed by atoms with Crippen molar-refractivity contribution in [1.82, 2.24) is 10.3 Å². The van der Waals surface area contributed by atoms with Gasteiger partial charge in [0.05, 0.1) is 5.01 Å². The maximum atomic E-state index is 4.41. The second kappa shape index (κ2) is 8.18. The summed E-state index contributed by atoms with van der Waals surface area (Å²) in [6, 6.07) is 0.599. The van der Waals surface area contributed by atoms with E-state index in [-0.39, 0.29) is 0 Å². The van der Waals surface area contributed by atoms with E-state index in [9.17, 15) is 0 Å². The van der Waals surface area contributed by atoms with Crippen LogP contribution in [0.1, 0.15) is 44.0 Å². The molecule has 1 saturated carbocycles. The van der Waals surface area contributed by atoms with Crippen LogP contribution in [0.3, 0.4) is 0 Å². The van der Waals surface area contributed by atoms with Crippen LogP contribution >= 0.6 is 23.1 Å². The van der Waals surface area contributed by atoms with E-state index in [4.69, 9.17) is 0 Å². The van der Waals surface area contributed by atoms with Gasteiger partial charge in [-0.3, -0.25) is 0 Å². The highest BCUT2D eigenvalue weighted by Gasteiger charge is 2.18. The fourth-order valence-corrected chi connectivity index (χ4v) is 4.52. The van der Waals surface area contributed by atoms with Gasteiger partial charge in [-0.2, -0.15) is 11.8 Å². The molecule has 4 heteroatoms. The summed E-state index contributed by atoms with van der Waals surface area (Å²) < 4.78 is 0. The third-order valence-electron chi connectivity index (χ3n) is 3.42. The van der Waals surface area contributed by atoms with Gasteiger partial charge >= 0.3 is 0 Å².